The normalized spacial score (nSPS) is 10.8. The van der Waals surface area contributed by atoms with Crippen LogP contribution in [-0.4, -0.2) is 24.1 Å². The number of thiazole rings is 1. The summed E-state index contributed by atoms with van der Waals surface area (Å²) in [5.41, 5.74) is 2.72. The molecule has 0 radical (unpaired) electrons. The van der Waals surface area contributed by atoms with Gasteiger partial charge in [-0.1, -0.05) is 23.7 Å². The van der Waals surface area contributed by atoms with E-state index in [1.54, 1.807) is 29.9 Å². The average molecular weight is 415 g/mol. The predicted octanol–water partition coefficient (Wildman–Crippen LogP) is 4.58. The van der Waals surface area contributed by atoms with Gasteiger partial charge in [0.05, 0.1) is 5.51 Å². The van der Waals surface area contributed by atoms with Crippen molar-refractivity contribution in [3.05, 3.63) is 81.8 Å². The molecule has 0 spiro atoms. The zero-order valence-corrected chi connectivity index (χ0v) is 16.6. The van der Waals surface area contributed by atoms with Crippen LogP contribution in [0.5, 0.6) is 11.5 Å². The Bertz CT molecular complexity index is 894. The molecule has 0 bridgehead atoms. The van der Waals surface area contributed by atoms with Gasteiger partial charge in [0.1, 0.15) is 24.7 Å². The summed E-state index contributed by atoms with van der Waals surface area (Å²) in [6, 6.07) is 14.8. The number of halogens is 1. The van der Waals surface area contributed by atoms with Crippen LogP contribution in [0.25, 0.3) is 6.08 Å². The molecule has 0 fully saturated rings. The number of hydrogen-bond donors (Lipinski definition) is 1. The topological polar surface area (TPSA) is 60.5 Å². The van der Waals surface area contributed by atoms with Crippen LogP contribution in [-0.2, 0) is 11.3 Å². The monoisotopic (exact) mass is 414 g/mol. The van der Waals surface area contributed by atoms with Gasteiger partial charge < -0.3 is 14.8 Å². The van der Waals surface area contributed by atoms with Crippen LogP contribution in [0, 0.1) is 0 Å². The van der Waals surface area contributed by atoms with Gasteiger partial charge in [0.15, 0.2) is 0 Å². The van der Waals surface area contributed by atoms with Crippen molar-refractivity contribution >= 4 is 34.9 Å². The third-order valence-electron chi connectivity index (χ3n) is 3.67. The highest BCUT2D eigenvalue weighted by atomic mass is 35.5. The standard InChI is InChI=1S/C21H19ClN2O3S/c22-17-3-7-19(8-4-17)27-12-11-26-18-5-1-16(2-6-18)13-24-21(25)10-9-20-14-23-15-28-20/h1-10,14-15H,11-13H2,(H,24,25)/b10-9+. The maximum atomic E-state index is 11.8. The largest absolute Gasteiger partial charge is 0.490 e. The molecule has 1 N–H and O–H groups in total. The number of ether oxygens (including phenoxy) is 2. The Labute approximate surface area is 172 Å². The molecular formula is C21H19ClN2O3S. The van der Waals surface area contributed by atoms with Crippen LogP contribution in [0.3, 0.4) is 0 Å². The lowest BCUT2D eigenvalue weighted by Gasteiger charge is -2.09. The quantitative estimate of drug-likeness (QED) is 0.411. The molecular weight excluding hydrogens is 396 g/mol. The van der Waals surface area contributed by atoms with Crippen LogP contribution in [0.1, 0.15) is 10.4 Å². The van der Waals surface area contributed by atoms with Crippen LogP contribution in [0.4, 0.5) is 0 Å². The van der Waals surface area contributed by atoms with Crippen molar-refractivity contribution in [2.75, 3.05) is 13.2 Å². The number of hydrogen-bond acceptors (Lipinski definition) is 5. The van der Waals surface area contributed by atoms with Crippen molar-refractivity contribution in [2.24, 2.45) is 0 Å². The zero-order valence-electron chi connectivity index (χ0n) is 15.0. The Morgan fingerprint density at radius 3 is 2.29 bits per heavy atom. The summed E-state index contributed by atoms with van der Waals surface area (Å²) in [7, 11) is 0. The lowest BCUT2D eigenvalue weighted by atomic mass is 10.2. The fourth-order valence-corrected chi connectivity index (χ4v) is 2.90. The van der Waals surface area contributed by atoms with Gasteiger partial charge >= 0.3 is 0 Å². The van der Waals surface area contributed by atoms with E-state index in [0.29, 0.717) is 24.8 Å². The molecule has 144 valence electrons. The van der Waals surface area contributed by atoms with E-state index in [9.17, 15) is 4.79 Å². The smallest absolute Gasteiger partial charge is 0.244 e. The van der Waals surface area contributed by atoms with E-state index in [1.807, 2.05) is 36.4 Å². The van der Waals surface area contributed by atoms with Crippen LogP contribution >= 0.6 is 22.9 Å². The maximum absolute atomic E-state index is 11.8. The van der Waals surface area contributed by atoms with Crippen LogP contribution in [0.15, 0.2) is 66.3 Å². The van der Waals surface area contributed by atoms with Gasteiger partial charge in [-0.3, -0.25) is 9.78 Å². The molecule has 7 heteroatoms. The summed E-state index contributed by atoms with van der Waals surface area (Å²) in [4.78, 5) is 16.7. The zero-order chi connectivity index (χ0) is 19.6. The average Bonchev–Trinajstić information content (AvgIpc) is 3.24. The Balaban J connectivity index is 1.36. The number of aromatic nitrogens is 1. The molecule has 28 heavy (non-hydrogen) atoms. The molecule has 2 aromatic carbocycles. The molecule has 0 saturated carbocycles. The van der Waals surface area contributed by atoms with E-state index >= 15 is 0 Å². The minimum absolute atomic E-state index is 0.145. The summed E-state index contributed by atoms with van der Waals surface area (Å²) >= 11 is 7.32. The third kappa shape index (κ3) is 6.72. The lowest BCUT2D eigenvalue weighted by Crippen LogP contribution is -2.20. The van der Waals surface area contributed by atoms with Gasteiger partial charge in [-0.2, -0.15) is 0 Å². The molecule has 0 aliphatic heterocycles. The highest BCUT2D eigenvalue weighted by Crippen LogP contribution is 2.16. The number of carbonyl (C=O) groups is 1. The Kier molecular flexibility index (Phi) is 7.46. The fraction of sp³-hybridized carbons (Fsp3) is 0.143. The van der Waals surface area contributed by atoms with E-state index in [2.05, 4.69) is 10.3 Å². The minimum atomic E-state index is -0.145. The van der Waals surface area contributed by atoms with E-state index < -0.39 is 0 Å². The van der Waals surface area contributed by atoms with E-state index in [4.69, 9.17) is 21.1 Å². The first-order chi connectivity index (χ1) is 13.7. The summed E-state index contributed by atoms with van der Waals surface area (Å²) < 4.78 is 11.2. The SMILES string of the molecule is O=C(/C=C/c1cncs1)NCc1ccc(OCCOc2ccc(Cl)cc2)cc1. The Morgan fingerprint density at radius 2 is 1.68 bits per heavy atom. The highest BCUT2D eigenvalue weighted by Gasteiger charge is 2.00. The summed E-state index contributed by atoms with van der Waals surface area (Å²) in [5.74, 6) is 1.36. The van der Waals surface area contributed by atoms with Gasteiger partial charge in [0.25, 0.3) is 0 Å². The second-order valence-electron chi connectivity index (χ2n) is 5.75. The summed E-state index contributed by atoms with van der Waals surface area (Å²) in [5, 5.41) is 3.52. The van der Waals surface area contributed by atoms with Crippen LogP contribution in [0.2, 0.25) is 5.02 Å². The van der Waals surface area contributed by atoms with E-state index in [-0.39, 0.29) is 5.91 Å². The van der Waals surface area contributed by atoms with Gasteiger partial charge in [-0.25, -0.2) is 0 Å². The Hall–Kier alpha value is -2.83. The van der Waals surface area contributed by atoms with Crippen molar-refractivity contribution in [1.29, 1.82) is 0 Å². The molecule has 0 atom stereocenters. The van der Waals surface area contributed by atoms with Crippen molar-refractivity contribution < 1.29 is 14.3 Å². The molecule has 0 aliphatic rings. The minimum Gasteiger partial charge on any atom is -0.490 e. The van der Waals surface area contributed by atoms with Crippen molar-refractivity contribution in [3.63, 3.8) is 0 Å². The molecule has 1 heterocycles. The first kappa shape index (κ1) is 19.9. The third-order valence-corrected chi connectivity index (χ3v) is 4.67. The van der Waals surface area contributed by atoms with E-state index in [1.165, 1.54) is 17.4 Å². The number of amides is 1. The second-order valence-corrected chi connectivity index (χ2v) is 7.10. The first-order valence-corrected chi connectivity index (χ1v) is 9.89. The Morgan fingerprint density at radius 1 is 1.04 bits per heavy atom. The number of rotatable bonds is 9. The number of carbonyl (C=O) groups excluding carboxylic acids is 1. The maximum Gasteiger partial charge on any atom is 0.244 e. The molecule has 1 amide bonds. The lowest BCUT2D eigenvalue weighted by molar-refractivity contribution is -0.116. The molecule has 0 saturated heterocycles. The molecule has 3 aromatic rings. The fourth-order valence-electron chi connectivity index (χ4n) is 2.27. The van der Waals surface area contributed by atoms with Crippen LogP contribution < -0.4 is 14.8 Å². The summed E-state index contributed by atoms with van der Waals surface area (Å²) in [6.07, 6.45) is 4.97. The van der Waals surface area contributed by atoms with E-state index in [0.717, 1.165) is 21.9 Å². The first-order valence-electron chi connectivity index (χ1n) is 8.63. The van der Waals surface area contributed by atoms with Crippen molar-refractivity contribution in [3.8, 4) is 11.5 Å². The van der Waals surface area contributed by atoms with Crippen molar-refractivity contribution in [1.82, 2.24) is 10.3 Å². The molecule has 3 rings (SSSR count). The highest BCUT2D eigenvalue weighted by molar-refractivity contribution is 7.10. The second kappa shape index (κ2) is 10.5. The van der Waals surface area contributed by atoms with Gasteiger partial charge in [-0.15, -0.1) is 11.3 Å². The van der Waals surface area contributed by atoms with Crippen molar-refractivity contribution in [2.45, 2.75) is 6.54 Å². The van der Waals surface area contributed by atoms with Gasteiger partial charge in [0.2, 0.25) is 5.91 Å². The molecule has 0 aliphatic carbocycles. The molecule has 1 aromatic heterocycles. The van der Waals surface area contributed by atoms with Gasteiger partial charge in [0, 0.05) is 28.7 Å². The number of nitrogens with one attached hydrogen (secondary N) is 1. The predicted molar refractivity (Wildman–Crippen MR) is 112 cm³/mol. The summed E-state index contributed by atoms with van der Waals surface area (Å²) in [6.45, 7) is 1.32. The molecule has 5 nitrogen and oxygen atoms in total. The van der Waals surface area contributed by atoms with Gasteiger partial charge in [-0.05, 0) is 48.0 Å². The molecule has 0 unspecified atom stereocenters. The number of nitrogens with zero attached hydrogens (tertiary/aromatic N) is 1. The number of benzene rings is 2.